The lowest BCUT2D eigenvalue weighted by Gasteiger charge is -2.21. The number of amides is 1. The van der Waals surface area contributed by atoms with Crippen molar-refractivity contribution in [1.82, 2.24) is 4.31 Å². The lowest BCUT2D eigenvalue weighted by Crippen LogP contribution is -2.35. The van der Waals surface area contributed by atoms with Crippen molar-refractivity contribution in [2.75, 3.05) is 24.7 Å². The lowest BCUT2D eigenvalue weighted by atomic mass is 10.1. The minimum absolute atomic E-state index is 0.146. The molecule has 0 aliphatic rings. The first-order chi connectivity index (χ1) is 10.1. The molecule has 0 heterocycles. The molecule has 1 amide bonds. The first kappa shape index (κ1) is 18.6. The highest BCUT2D eigenvalue weighted by Gasteiger charge is 2.19. The monoisotopic (exact) mass is 326 g/mol. The topological polar surface area (TPSA) is 66.5 Å². The van der Waals surface area contributed by atoms with Crippen LogP contribution in [0.5, 0.6) is 0 Å². The third kappa shape index (κ3) is 5.77. The van der Waals surface area contributed by atoms with Crippen LogP contribution in [0.2, 0.25) is 0 Å². The third-order valence-corrected chi connectivity index (χ3v) is 4.64. The summed E-state index contributed by atoms with van der Waals surface area (Å²) in [6.45, 7) is 8.40. The summed E-state index contributed by atoms with van der Waals surface area (Å²) in [6, 6.07) is 5.81. The van der Waals surface area contributed by atoms with Crippen LogP contribution in [0, 0.1) is 19.8 Å². The van der Waals surface area contributed by atoms with E-state index in [1.165, 1.54) is 10.6 Å². The van der Waals surface area contributed by atoms with Gasteiger partial charge in [0.15, 0.2) is 0 Å². The van der Waals surface area contributed by atoms with Gasteiger partial charge in [-0.05, 0) is 30.9 Å². The van der Waals surface area contributed by atoms with Gasteiger partial charge in [-0.3, -0.25) is 4.79 Å². The summed E-state index contributed by atoms with van der Waals surface area (Å²) >= 11 is 0. The summed E-state index contributed by atoms with van der Waals surface area (Å²) in [5.41, 5.74) is 2.80. The highest BCUT2D eigenvalue weighted by Crippen LogP contribution is 2.19. The molecule has 0 saturated carbocycles. The van der Waals surface area contributed by atoms with E-state index in [0.29, 0.717) is 6.54 Å². The Morgan fingerprint density at radius 3 is 2.23 bits per heavy atom. The number of rotatable bonds is 7. The smallest absolute Gasteiger partial charge is 0.225 e. The largest absolute Gasteiger partial charge is 0.326 e. The average Bonchev–Trinajstić information content (AvgIpc) is 2.37. The van der Waals surface area contributed by atoms with Gasteiger partial charge in [0.05, 0.1) is 6.26 Å². The molecular formula is C16H26N2O3S. The minimum Gasteiger partial charge on any atom is -0.326 e. The number of para-hydroxylation sites is 1. The van der Waals surface area contributed by atoms with Crippen molar-refractivity contribution in [3.8, 4) is 0 Å². The van der Waals surface area contributed by atoms with Crippen LogP contribution < -0.4 is 5.32 Å². The van der Waals surface area contributed by atoms with E-state index < -0.39 is 10.0 Å². The van der Waals surface area contributed by atoms with E-state index in [1.807, 2.05) is 45.9 Å². The molecule has 0 atom stereocenters. The van der Waals surface area contributed by atoms with Crippen LogP contribution in [0.4, 0.5) is 5.69 Å². The Bertz CT molecular complexity index is 604. The van der Waals surface area contributed by atoms with E-state index >= 15 is 0 Å². The predicted molar refractivity (Wildman–Crippen MR) is 90.4 cm³/mol. The van der Waals surface area contributed by atoms with Gasteiger partial charge in [0, 0.05) is 25.2 Å². The zero-order chi connectivity index (χ0) is 16.9. The van der Waals surface area contributed by atoms with Crippen molar-refractivity contribution in [2.45, 2.75) is 34.1 Å². The lowest BCUT2D eigenvalue weighted by molar-refractivity contribution is -0.116. The molecular weight excluding hydrogens is 300 g/mol. The molecule has 0 unspecified atom stereocenters. The van der Waals surface area contributed by atoms with Crippen LogP contribution in [0.25, 0.3) is 0 Å². The van der Waals surface area contributed by atoms with Gasteiger partial charge >= 0.3 is 0 Å². The van der Waals surface area contributed by atoms with Crippen LogP contribution in [-0.2, 0) is 14.8 Å². The number of anilines is 1. The van der Waals surface area contributed by atoms with Gasteiger partial charge in [-0.15, -0.1) is 0 Å². The van der Waals surface area contributed by atoms with E-state index in [9.17, 15) is 13.2 Å². The van der Waals surface area contributed by atoms with E-state index in [4.69, 9.17) is 0 Å². The molecule has 22 heavy (non-hydrogen) atoms. The van der Waals surface area contributed by atoms with Crippen molar-refractivity contribution in [3.05, 3.63) is 29.3 Å². The fourth-order valence-electron chi connectivity index (χ4n) is 2.24. The number of hydrogen-bond donors (Lipinski definition) is 1. The molecule has 0 saturated heterocycles. The second kappa shape index (κ2) is 7.74. The summed E-state index contributed by atoms with van der Waals surface area (Å²) in [7, 11) is -3.29. The SMILES string of the molecule is Cc1cccc(C)c1NC(=O)CCN(CC(C)C)S(C)(=O)=O. The van der Waals surface area contributed by atoms with Crippen molar-refractivity contribution >= 4 is 21.6 Å². The van der Waals surface area contributed by atoms with E-state index in [1.54, 1.807) is 0 Å². The predicted octanol–water partition coefficient (Wildman–Crippen LogP) is 2.55. The zero-order valence-corrected chi connectivity index (χ0v) is 14.8. The van der Waals surface area contributed by atoms with Gasteiger partial charge in [0.2, 0.25) is 15.9 Å². The molecule has 0 spiro atoms. The molecule has 0 bridgehead atoms. The maximum Gasteiger partial charge on any atom is 0.225 e. The normalized spacial score (nSPS) is 12.0. The average molecular weight is 326 g/mol. The minimum atomic E-state index is -3.29. The quantitative estimate of drug-likeness (QED) is 0.837. The van der Waals surface area contributed by atoms with Crippen molar-refractivity contribution in [3.63, 3.8) is 0 Å². The number of carbonyl (C=O) groups is 1. The van der Waals surface area contributed by atoms with Crippen molar-refractivity contribution in [1.29, 1.82) is 0 Å². The molecule has 0 aliphatic heterocycles. The first-order valence-corrected chi connectivity index (χ1v) is 9.27. The third-order valence-electron chi connectivity index (χ3n) is 3.37. The van der Waals surface area contributed by atoms with Crippen LogP contribution in [0.3, 0.4) is 0 Å². The molecule has 0 fully saturated rings. The summed E-state index contributed by atoms with van der Waals surface area (Å²) < 4.78 is 24.8. The molecule has 0 aromatic heterocycles. The Balaban J connectivity index is 2.68. The number of nitrogens with zero attached hydrogens (tertiary/aromatic N) is 1. The second-order valence-electron chi connectivity index (χ2n) is 6.08. The molecule has 1 N–H and O–H groups in total. The Labute approximate surface area is 133 Å². The van der Waals surface area contributed by atoms with Crippen LogP contribution in [0.15, 0.2) is 18.2 Å². The Kier molecular flexibility index (Phi) is 6.56. The molecule has 6 heteroatoms. The fourth-order valence-corrected chi connectivity index (χ4v) is 3.23. The van der Waals surface area contributed by atoms with E-state index in [2.05, 4.69) is 5.32 Å². The van der Waals surface area contributed by atoms with Gasteiger partial charge in [-0.2, -0.15) is 0 Å². The number of carbonyl (C=O) groups excluding carboxylic acids is 1. The Morgan fingerprint density at radius 2 is 1.77 bits per heavy atom. The number of sulfonamides is 1. The molecule has 1 aromatic rings. The maximum absolute atomic E-state index is 12.1. The number of benzene rings is 1. The fraction of sp³-hybridized carbons (Fsp3) is 0.562. The van der Waals surface area contributed by atoms with Gasteiger partial charge in [-0.25, -0.2) is 12.7 Å². The number of aryl methyl sites for hydroxylation is 2. The molecule has 1 aromatic carbocycles. The second-order valence-corrected chi connectivity index (χ2v) is 8.06. The number of hydrogen-bond acceptors (Lipinski definition) is 3. The molecule has 0 aliphatic carbocycles. The van der Waals surface area contributed by atoms with Gasteiger partial charge in [0.1, 0.15) is 0 Å². The van der Waals surface area contributed by atoms with Crippen LogP contribution in [0.1, 0.15) is 31.4 Å². The van der Waals surface area contributed by atoms with Crippen molar-refractivity contribution < 1.29 is 13.2 Å². The van der Waals surface area contributed by atoms with Gasteiger partial charge in [0.25, 0.3) is 0 Å². The summed E-state index contributed by atoms with van der Waals surface area (Å²) in [4.78, 5) is 12.1. The zero-order valence-electron chi connectivity index (χ0n) is 14.0. The number of nitrogens with one attached hydrogen (secondary N) is 1. The van der Waals surface area contributed by atoms with Crippen LogP contribution >= 0.6 is 0 Å². The summed E-state index contributed by atoms with van der Waals surface area (Å²) in [5, 5.41) is 2.88. The summed E-state index contributed by atoms with van der Waals surface area (Å²) in [5.74, 6) is 0.0474. The first-order valence-electron chi connectivity index (χ1n) is 7.42. The standard InChI is InChI=1S/C16H26N2O3S/c1-12(2)11-18(22(5,20)21)10-9-15(19)17-16-13(3)7-6-8-14(16)4/h6-8,12H,9-11H2,1-5H3,(H,17,19). The summed E-state index contributed by atoms with van der Waals surface area (Å²) in [6.07, 6.45) is 1.33. The van der Waals surface area contributed by atoms with E-state index in [0.717, 1.165) is 16.8 Å². The Morgan fingerprint density at radius 1 is 1.23 bits per heavy atom. The van der Waals surface area contributed by atoms with Crippen LogP contribution in [-0.4, -0.2) is 38.0 Å². The molecule has 0 radical (unpaired) electrons. The van der Waals surface area contributed by atoms with Gasteiger partial charge < -0.3 is 5.32 Å². The highest BCUT2D eigenvalue weighted by molar-refractivity contribution is 7.88. The molecule has 1 rings (SSSR count). The van der Waals surface area contributed by atoms with E-state index in [-0.39, 0.29) is 24.8 Å². The van der Waals surface area contributed by atoms with Crippen molar-refractivity contribution in [2.24, 2.45) is 5.92 Å². The molecule has 5 nitrogen and oxygen atoms in total. The molecule has 124 valence electrons. The van der Waals surface area contributed by atoms with Gasteiger partial charge in [-0.1, -0.05) is 32.0 Å². The highest BCUT2D eigenvalue weighted by atomic mass is 32.2. The maximum atomic E-state index is 12.1. The Hall–Kier alpha value is -1.40.